The maximum atomic E-state index is 10.5. The summed E-state index contributed by atoms with van der Waals surface area (Å²) < 4.78 is 0. The number of hydrogen-bond donors (Lipinski definition) is 3. The SMILES string of the molecule is NC1(C(=O)O)C=CC=C(O)C1. The van der Waals surface area contributed by atoms with E-state index in [1.54, 1.807) is 0 Å². The first kappa shape index (κ1) is 7.81. The summed E-state index contributed by atoms with van der Waals surface area (Å²) >= 11 is 0. The average Bonchev–Trinajstić information content (AvgIpc) is 1.86. The van der Waals surface area contributed by atoms with Gasteiger partial charge in [-0.1, -0.05) is 12.2 Å². The van der Waals surface area contributed by atoms with Crippen molar-refractivity contribution in [3.05, 3.63) is 24.0 Å². The highest BCUT2D eigenvalue weighted by Gasteiger charge is 2.33. The van der Waals surface area contributed by atoms with Crippen molar-refractivity contribution < 1.29 is 15.0 Å². The van der Waals surface area contributed by atoms with E-state index in [4.69, 9.17) is 15.9 Å². The van der Waals surface area contributed by atoms with Gasteiger partial charge in [0.2, 0.25) is 0 Å². The van der Waals surface area contributed by atoms with Gasteiger partial charge in [0.05, 0.1) is 5.76 Å². The molecule has 4 nitrogen and oxygen atoms in total. The van der Waals surface area contributed by atoms with Gasteiger partial charge >= 0.3 is 5.97 Å². The van der Waals surface area contributed by atoms with Gasteiger partial charge in [-0.2, -0.15) is 0 Å². The number of hydrogen-bond acceptors (Lipinski definition) is 3. The Balaban J connectivity index is 2.86. The van der Waals surface area contributed by atoms with Gasteiger partial charge in [0.15, 0.2) is 0 Å². The molecule has 1 rings (SSSR count). The lowest BCUT2D eigenvalue weighted by molar-refractivity contribution is -0.141. The summed E-state index contributed by atoms with van der Waals surface area (Å²) in [4.78, 5) is 10.5. The Hall–Kier alpha value is -1.29. The highest BCUT2D eigenvalue weighted by atomic mass is 16.4. The third kappa shape index (κ3) is 1.40. The zero-order chi connectivity index (χ0) is 8.48. The number of aliphatic carboxylic acids is 1. The Morgan fingerprint density at radius 2 is 2.36 bits per heavy atom. The Morgan fingerprint density at radius 3 is 2.73 bits per heavy atom. The Labute approximate surface area is 63.6 Å². The molecule has 0 radical (unpaired) electrons. The van der Waals surface area contributed by atoms with Gasteiger partial charge in [0, 0.05) is 6.42 Å². The summed E-state index contributed by atoms with van der Waals surface area (Å²) in [5, 5.41) is 17.6. The van der Waals surface area contributed by atoms with Gasteiger partial charge in [0.25, 0.3) is 0 Å². The minimum atomic E-state index is -1.43. The molecule has 0 bridgehead atoms. The third-order valence-electron chi connectivity index (χ3n) is 1.55. The zero-order valence-corrected chi connectivity index (χ0v) is 5.82. The van der Waals surface area contributed by atoms with Crippen LogP contribution in [-0.2, 0) is 4.79 Å². The van der Waals surface area contributed by atoms with E-state index in [0.717, 1.165) is 0 Å². The smallest absolute Gasteiger partial charge is 0.328 e. The second kappa shape index (κ2) is 2.39. The van der Waals surface area contributed by atoms with Gasteiger partial charge in [0.1, 0.15) is 5.54 Å². The first-order valence-electron chi connectivity index (χ1n) is 3.14. The lowest BCUT2D eigenvalue weighted by atomic mass is 9.92. The van der Waals surface area contributed by atoms with Crippen molar-refractivity contribution in [1.29, 1.82) is 0 Å². The van der Waals surface area contributed by atoms with Crippen LogP contribution in [-0.4, -0.2) is 21.7 Å². The maximum absolute atomic E-state index is 10.5. The lowest BCUT2D eigenvalue weighted by Crippen LogP contribution is -2.47. The van der Waals surface area contributed by atoms with E-state index in [1.807, 2.05) is 0 Å². The molecule has 0 aromatic heterocycles. The van der Waals surface area contributed by atoms with E-state index >= 15 is 0 Å². The average molecular weight is 155 g/mol. The summed E-state index contributed by atoms with van der Waals surface area (Å²) in [7, 11) is 0. The fraction of sp³-hybridized carbons (Fsp3) is 0.286. The quantitative estimate of drug-likeness (QED) is 0.504. The normalized spacial score (nSPS) is 29.7. The standard InChI is InChI=1S/C7H9NO3/c8-7(6(10)11)3-1-2-5(9)4-7/h1-3,9H,4,8H2,(H,10,11). The second-order valence-corrected chi connectivity index (χ2v) is 2.54. The molecule has 0 saturated carbocycles. The Bertz CT molecular complexity index is 244. The fourth-order valence-corrected chi connectivity index (χ4v) is 0.895. The Morgan fingerprint density at radius 1 is 1.73 bits per heavy atom. The predicted octanol–water partition coefficient (Wildman–Crippen LogP) is 0.170. The largest absolute Gasteiger partial charge is 0.512 e. The molecule has 1 aliphatic rings. The molecule has 1 aliphatic carbocycles. The number of aliphatic hydroxyl groups is 1. The van der Waals surface area contributed by atoms with Crippen molar-refractivity contribution in [3.63, 3.8) is 0 Å². The topological polar surface area (TPSA) is 83.6 Å². The van der Waals surface area contributed by atoms with Crippen LogP contribution in [0.2, 0.25) is 0 Å². The Kier molecular flexibility index (Phi) is 1.70. The number of rotatable bonds is 1. The van der Waals surface area contributed by atoms with Gasteiger partial charge in [-0.25, -0.2) is 4.79 Å². The molecular weight excluding hydrogens is 146 g/mol. The molecule has 0 fully saturated rings. The van der Waals surface area contributed by atoms with Gasteiger partial charge in [-0.3, -0.25) is 0 Å². The minimum absolute atomic E-state index is 0.00241. The molecular formula is C7H9NO3. The lowest BCUT2D eigenvalue weighted by Gasteiger charge is -2.22. The minimum Gasteiger partial charge on any atom is -0.512 e. The molecule has 0 aromatic carbocycles. The molecule has 4 N–H and O–H groups in total. The molecule has 4 heteroatoms. The first-order valence-corrected chi connectivity index (χ1v) is 3.14. The molecule has 0 aromatic rings. The van der Waals surface area contributed by atoms with E-state index in [0.29, 0.717) is 0 Å². The molecule has 1 atom stereocenters. The highest BCUT2D eigenvalue weighted by molar-refractivity contribution is 5.82. The van der Waals surface area contributed by atoms with Crippen LogP contribution < -0.4 is 5.73 Å². The van der Waals surface area contributed by atoms with E-state index < -0.39 is 11.5 Å². The number of allylic oxidation sites excluding steroid dienone is 2. The number of carboxylic acid groups (broad SMARTS) is 1. The van der Waals surface area contributed by atoms with Crippen LogP contribution in [0, 0.1) is 0 Å². The van der Waals surface area contributed by atoms with Crippen LogP contribution >= 0.6 is 0 Å². The summed E-state index contributed by atoms with van der Waals surface area (Å²) in [6, 6.07) is 0. The van der Waals surface area contributed by atoms with Crippen molar-refractivity contribution in [2.45, 2.75) is 12.0 Å². The van der Waals surface area contributed by atoms with Gasteiger partial charge in [-0.15, -0.1) is 0 Å². The monoisotopic (exact) mass is 155 g/mol. The summed E-state index contributed by atoms with van der Waals surface area (Å²) in [5.41, 5.74) is 3.97. The van der Waals surface area contributed by atoms with E-state index in [9.17, 15) is 4.79 Å². The summed E-state index contributed by atoms with van der Waals surface area (Å²) in [6.07, 6.45) is 4.18. The van der Waals surface area contributed by atoms with Crippen LogP contribution in [0.1, 0.15) is 6.42 Å². The molecule has 0 heterocycles. The molecule has 11 heavy (non-hydrogen) atoms. The summed E-state index contributed by atoms with van der Waals surface area (Å²) in [6.45, 7) is 0. The van der Waals surface area contributed by atoms with Crippen molar-refractivity contribution >= 4 is 5.97 Å². The van der Waals surface area contributed by atoms with Crippen molar-refractivity contribution in [1.82, 2.24) is 0 Å². The van der Waals surface area contributed by atoms with E-state index in [1.165, 1.54) is 18.2 Å². The fourth-order valence-electron chi connectivity index (χ4n) is 0.895. The van der Waals surface area contributed by atoms with Crippen LogP contribution in [0.3, 0.4) is 0 Å². The van der Waals surface area contributed by atoms with Gasteiger partial charge < -0.3 is 15.9 Å². The predicted molar refractivity (Wildman–Crippen MR) is 39.0 cm³/mol. The first-order chi connectivity index (χ1) is 5.04. The summed E-state index contributed by atoms with van der Waals surface area (Å²) in [5.74, 6) is -1.13. The molecule has 60 valence electrons. The van der Waals surface area contributed by atoms with E-state index in [-0.39, 0.29) is 12.2 Å². The van der Waals surface area contributed by atoms with Crippen LogP contribution in [0.25, 0.3) is 0 Å². The highest BCUT2D eigenvalue weighted by Crippen LogP contribution is 2.18. The number of nitrogens with two attached hydrogens (primary N) is 1. The van der Waals surface area contributed by atoms with Gasteiger partial charge in [-0.05, 0) is 6.08 Å². The van der Waals surface area contributed by atoms with Crippen molar-refractivity contribution in [2.24, 2.45) is 5.73 Å². The van der Waals surface area contributed by atoms with Crippen molar-refractivity contribution in [3.8, 4) is 0 Å². The van der Waals surface area contributed by atoms with Crippen LogP contribution in [0.15, 0.2) is 24.0 Å². The van der Waals surface area contributed by atoms with Crippen molar-refractivity contribution in [2.75, 3.05) is 0 Å². The zero-order valence-electron chi connectivity index (χ0n) is 5.82. The molecule has 1 unspecified atom stereocenters. The van der Waals surface area contributed by atoms with Crippen LogP contribution in [0.4, 0.5) is 0 Å². The molecule has 0 spiro atoms. The maximum Gasteiger partial charge on any atom is 0.328 e. The molecule has 0 saturated heterocycles. The third-order valence-corrected chi connectivity index (χ3v) is 1.55. The molecule has 0 amide bonds. The number of carboxylic acids is 1. The number of carbonyl (C=O) groups is 1. The molecule has 0 aliphatic heterocycles. The van der Waals surface area contributed by atoms with Crippen LogP contribution in [0.5, 0.6) is 0 Å². The van der Waals surface area contributed by atoms with E-state index in [2.05, 4.69) is 0 Å². The second-order valence-electron chi connectivity index (χ2n) is 2.54. The number of aliphatic hydroxyl groups excluding tert-OH is 1.